The van der Waals surface area contributed by atoms with Crippen molar-refractivity contribution >= 4 is 56.9 Å². The third kappa shape index (κ3) is 3.62. The second-order valence-corrected chi connectivity index (χ2v) is 9.26. The predicted octanol–water partition coefficient (Wildman–Crippen LogP) is 3.84. The summed E-state index contributed by atoms with van der Waals surface area (Å²) in [4.78, 5) is 24.1. The molecule has 0 saturated carbocycles. The molecule has 1 fully saturated rings. The molecule has 32 heavy (non-hydrogen) atoms. The lowest BCUT2D eigenvalue weighted by atomic mass is 10.2. The molecular formula is C21H22ClFN8S. The summed E-state index contributed by atoms with van der Waals surface area (Å²) in [5.41, 5.74) is 14.3. The molecule has 0 aliphatic carbocycles. The molecule has 1 saturated heterocycles. The number of benzene rings is 1. The average Bonchev–Trinajstić information content (AvgIpc) is 3.29. The molecule has 0 bridgehead atoms. The van der Waals surface area contributed by atoms with Crippen LogP contribution in [0.15, 0.2) is 22.2 Å². The van der Waals surface area contributed by atoms with E-state index >= 15 is 0 Å². The number of aryl methyl sites for hydroxylation is 2. The first-order chi connectivity index (χ1) is 15.3. The molecular weight excluding hydrogens is 451 g/mol. The molecule has 4 heterocycles. The van der Waals surface area contributed by atoms with Crippen molar-refractivity contribution in [1.82, 2.24) is 24.9 Å². The Labute approximate surface area is 193 Å². The number of nitrogens with zero attached hydrogens (tertiary/aromatic N) is 5. The maximum atomic E-state index is 14.4. The maximum absolute atomic E-state index is 14.4. The summed E-state index contributed by atoms with van der Waals surface area (Å²) in [6, 6.07) is 2.83. The number of fused-ring (bicyclic) bond motifs is 2. The lowest BCUT2D eigenvalue weighted by Gasteiger charge is -2.19. The van der Waals surface area contributed by atoms with Crippen LogP contribution >= 0.6 is 23.4 Å². The fourth-order valence-corrected chi connectivity index (χ4v) is 5.39. The molecule has 5 N–H and O–H groups in total. The average molecular weight is 473 g/mol. The number of aromatic nitrogens is 5. The Bertz CT molecular complexity index is 1350. The highest BCUT2D eigenvalue weighted by molar-refractivity contribution is 7.99. The Morgan fingerprint density at radius 3 is 2.78 bits per heavy atom. The first-order valence-electron chi connectivity index (χ1n) is 10.3. The second-order valence-electron chi connectivity index (χ2n) is 7.88. The van der Waals surface area contributed by atoms with Crippen LogP contribution in [0, 0.1) is 12.7 Å². The summed E-state index contributed by atoms with van der Waals surface area (Å²) in [5, 5.41) is 2.43. The van der Waals surface area contributed by atoms with Crippen molar-refractivity contribution in [2.45, 2.75) is 42.8 Å². The Balaban J connectivity index is 1.67. The lowest BCUT2D eigenvalue weighted by molar-refractivity contribution is 0.626. The number of hydrogen-bond donors (Lipinski definition) is 3. The summed E-state index contributed by atoms with van der Waals surface area (Å²) in [5.74, 6) is 1.08. The van der Waals surface area contributed by atoms with Gasteiger partial charge >= 0.3 is 0 Å². The molecule has 8 nitrogen and oxygen atoms in total. The van der Waals surface area contributed by atoms with Crippen molar-refractivity contribution in [2.24, 2.45) is 5.73 Å². The zero-order valence-corrected chi connectivity index (χ0v) is 19.2. The van der Waals surface area contributed by atoms with Crippen LogP contribution in [-0.4, -0.2) is 44.1 Å². The standard InChI is InChI=1S/C21H22ClFN8S/c1-3-12-17(22)16-19(28-12)29-21(30-20(16)31-5-4-11(24)8-31)32-14-7-10(23)6-13-15(14)18(25)27-9(2)26-13/h6-7,11H,3-5,8,24H2,1-2H3,(H2,25,26,27)(H,28,29,30). The van der Waals surface area contributed by atoms with Gasteiger partial charge in [-0.1, -0.05) is 18.5 Å². The zero-order valence-electron chi connectivity index (χ0n) is 17.6. The van der Waals surface area contributed by atoms with Crippen molar-refractivity contribution in [1.29, 1.82) is 0 Å². The minimum Gasteiger partial charge on any atom is -0.383 e. The highest BCUT2D eigenvalue weighted by Gasteiger charge is 2.26. The molecule has 4 aromatic rings. The summed E-state index contributed by atoms with van der Waals surface area (Å²) in [7, 11) is 0. The highest BCUT2D eigenvalue weighted by atomic mass is 35.5. The van der Waals surface area contributed by atoms with E-state index < -0.39 is 5.82 Å². The van der Waals surface area contributed by atoms with Gasteiger partial charge in [0, 0.05) is 35.8 Å². The van der Waals surface area contributed by atoms with Crippen LogP contribution in [0.4, 0.5) is 16.0 Å². The van der Waals surface area contributed by atoms with Gasteiger partial charge in [0.2, 0.25) is 0 Å². The number of aromatic amines is 1. The second kappa shape index (κ2) is 8.02. The molecule has 11 heteroatoms. The molecule has 5 rings (SSSR count). The van der Waals surface area contributed by atoms with Gasteiger partial charge in [-0.15, -0.1) is 0 Å². The quantitative estimate of drug-likeness (QED) is 0.383. The normalized spacial score (nSPS) is 16.5. The van der Waals surface area contributed by atoms with Crippen molar-refractivity contribution in [3.8, 4) is 0 Å². The van der Waals surface area contributed by atoms with Gasteiger partial charge in [-0.2, -0.15) is 0 Å². The van der Waals surface area contributed by atoms with Crippen molar-refractivity contribution in [2.75, 3.05) is 23.7 Å². The van der Waals surface area contributed by atoms with Gasteiger partial charge in [0.25, 0.3) is 0 Å². The monoisotopic (exact) mass is 472 g/mol. The number of hydrogen-bond acceptors (Lipinski definition) is 8. The molecule has 3 aromatic heterocycles. The first kappa shape index (κ1) is 21.2. The highest BCUT2D eigenvalue weighted by Crippen LogP contribution is 2.39. The van der Waals surface area contributed by atoms with E-state index in [1.807, 2.05) is 6.92 Å². The van der Waals surface area contributed by atoms with Gasteiger partial charge in [-0.3, -0.25) is 0 Å². The van der Waals surface area contributed by atoms with Gasteiger partial charge in [0.15, 0.2) is 5.16 Å². The van der Waals surface area contributed by atoms with E-state index in [0.717, 1.165) is 36.3 Å². The van der Waals surface area contributed by atoms with Crippen LogP contribution in [-0.2, 0) is 6.42 Å². The Morgan fingerprint density at radius 1 is 1.25 bits per heavy atom. The largest absolute Gasteiger partial charge is 0.383 e. The number of nitrogen functional groups attached to an aromatic ring is 1. The molecule has 1 unspecified atom stereocenters. The fourth-order valence-electron chi connectivity index (χ4n) is 4.09. The SMILES string of the molecule is CCc1[nH]c2nc(Sc3cc(F)cc4nc(C)nc(N)c34)nc(N3CCC(N)C3)c2c1Cl. The smallest absolute Gasteiger partial charge is 0.196 e. The van der Waals surface area contributed by atoms with Gasteiger partial charge < -0.3 is 21.4 Å². The number of H-pyrrole nitrogens is 1. The van der Waals surface area contributed by atoms with Crippen LogP contribution < -0.4 is 16.4 Å². The molecule has 1 aliphatic rings. The number of rotatable bonds is 4. The molecule has 0 spiro atoms. The van der Waals surface area contributed by atoms with Gasteiger partial charge in [-0.05, 0) is 37.6 Å². The molecule has 0 amide bonds. The van der Waals surface area contributed by atoms with Crippen LogP contribution in [0.5, 0.6) is 0 Å². The third-order valence-electron chi connectivity index (χ3n) is 5.57. The van der Waals surface area contributed by atoms with Gasteiger partial charge in [0.05, 0.1) is 21.3 Å². The van der Waals surface area contributed by atoms with E-state index in [4.69, 9.17) is 28.1 Å². The number of halogens is 2. The third-order valence-corrected chi connectivity index (χ3v) is 6.89. The number of nitrogens with one attached hydrogen (secondary N) is 1. The fraction of sp³-hybridized carbons (Fsp3) is 0.333. The van der Waals surface area contributed by atoms with Crippen LogP contribution in [0.1, 0.15) is 24.9 Å². The predicted molar refractivity (Wildman–Crippen MR) is 126 cm³/mol. The van der Waals surface area contributed by atoms with Crippen molar-refractivity contribution < 1.29 is 4.39 Å². The van der Waals surface area contributed by atoms with E-state index in [9.17, 15) is 4.39 Å². The van der Waals surface area contributed by atoms with Crippen LogP contribution in [0.3, 0.4) is 0 Å². The van der Waals surface area contributed by atoms with Gasteiger partial charge in [-0.25, -0.2) is 24.3 Å². The number of nitrogens with two attached hydrogens (primary N) is 2. The summed E-state index contributed by atoms with van der Waals surface area (Å²) >= 11 is 7.89. The minimum atomic E-state index is -0.416. The Hall–Kier alpha value is -2.69. The number of anilines is 2. The van der Waals surface area contributed by atoms with E-state index in [0.29, 0.717) is 44.0 Å². The Morgan fingerprint density at radius 2 is 2.06 bits per heavy atom. The summed E-state index contributed by atoms with van der Waals surface area (Å²) in [6.07, 6.45) is 1.61. The first-order valence-corrected chi connectivity index (χ1v) is 11.5. The molecule has 166 valence electrons. The van der Waals surface area contributed by atoms with E-state index in [2.05, 4.69) is 24.8 Å². The molecule has 1 aliphatic heterocycles. The van der Waals surface area contributed by atoms with E-state index in [1.165, 1.54) is 23.9 Å². The zero-order chi connectivity index (χ0) is 22.6. The van der Waals surface area contributed by atoms with Crippen molar-refractivity contribution in [3.63, 3.8) is 0 Å². The Kier molecular flexibility index (Phi) is 5.31. The van der Waals surface area contributed by atoms with Gasteiger partial charge in [0.1, 0.15) is 28.9 Å². The topological polar surface area (TPSA) is 123 Å². The van der Waals surface area contributed by atoms with E-state index in [-0.39, 0.29) is 11.9 Å². The summed E-state index contributed by atoms with van der Waals surface area (Å²) in [6.45, 7) is 5.21. The lowest BCUT2D eigenvalue weighted by Crippen LogP contribution is -2.27. The van der Waals surface area contributed by atoms with E-state index in [1.54, 1.807) is 6.92 Å². The van der Waals surface area contributed by atoms with Crippen molar-refractivity contribution in [3.05, 3.63) is 34.5 Å². The minimum absolute atomic E-state index is 0.0758. The van der Waals surface area contributed by atoms with Crippen LogP contribution in [0.2, 0.25) is 5.02 Å². The molecule has 1 atom stereocenters. The maximum Gasteiger partial charge on any atom is 0.196 e. The summed E-state index contributed by atoms with van der Waals surface area (Å²) < 4.78 is 14.4. The molecule has 1 aromatic carbocycles. The van der Waals surface area contributed by atoms with Crippen LogP contribution in [0.25, 0.3) is 21.9 Å². The molecule has 0 radical (unpaired) electrons.